The molecule has 0 spiro atoms. The first-order valence-electron chi connectivity index (χ1n) is 14.8. The Labute approximate surface area is 235 Å². The van der Waals surface area contributed by atoms with E-state index in [1.165, 1.54) is 0 Å². The number of carbonyl (C=O) groups excluding carboxylic acids is 2. The molecule has 3 fully saturated rings. The number of nitrogens with one attached hydrogen (secondary N) is 1. The fourth-order valence-corrected chi connectivity index (χ4v) is 11.3. The van der Waals surface area contributed by atoms with Gasteiger partial charge in [-0.05, 0) is 86.0 Å². The monoisotopic (exact) mass is 554 g/mol. The van der Waals surface area contributed by atoms with Gasteiger partial charge in [0.25, 0.3) is 0 Å². The van der Waals surface area contributed by atoms with Gasteiger partial charge in [0, 0.05) is 22.3 Å². The van der Waals surface area contributed by atoms with E-state index in [4.69, 9.17) is 0 Å². The SMILES string of the molecule is CCS(=O)(=O)N[C@@]12CCC(C)(C)C[C@@H]1[C@H]1C(=O)C=C3[C@]4(C)C=C(C#N)C(=O)C(C)(C)[C@@H]4CC[C@@]3(C)[C@]1(C)CC2. The van der Waals surface area contributed by atoms with Crippen molar-refractivity contribution < 1.29 is 18.0 Å². The highest BCUT2D eigenvalue weighted by molar-refractivity contribution is 7.89. The van der Waals surface area contributed by atoms with Gasteiger partial charge in [-0.15, -0.1) is 0 Å². The Morgan fingerprint density at radius 3 is 2.26 bits per heavy atom. The highest BCUT2D eigenvalue weighted by atomic mass is 32.2. The average Bonchev–Trinajstić information content (AvgIpc) is 2.83. The summed E-state index contributed by atoms with van der Waals surface area (Å²) in [4.78, 5) is 27.7. The summed E-state index contributed by atoms with van der Waals surface area (Å²) in [6, 6.07) is 2.17. The van der Waals surface area contributed by atoms with E-state index in [1.54, 1.807) is 6.92 Å². The third-order valence-corrected chi connectivity index (χ3v) is 14.1. The van der Waals surface area contributed by atoms with Crippen LogP contribution in [-0.4, -0.2) is 31.3 Å². The predicted octanol–water partition coefficient (Wildman–Crippen LogP) is 5.90. The number of ketones is 2. The number of hydrogen-bond donors (Lipinski definition) is 1. The number of nitriles is 1. The predicted molar refractivity (Wildman–Crippen MR) is 152 cm³/mol. The number of Topliss-reactive ketones (excluding diaryl/α,β-unsaturated/α-hetero) is 1. The topological polar surface area (TPSA) is 104 Å². The quantitative estimate of drug-likeness (QED) is 0.468. The molecule has 1 N–H and O–H groups in total. The standard InChI is InChI=1S/C32H46N2O4S/c1-9-39(37,38)34-32-14-12-27(2,3)18-21(32)25-22(35)16-24-29(6)17-20(19-33)26(36)28(4,5)23(29)10-11-30(24,7)31(25,8)13-15-32/h16-17,21,23,25,34H,9-15,18H2,1-8H3/t21-,23+,25+,29-,30-,31-,32-/m1/s1. The van der Waals surface area contributed by atoms with E-state index < -0.39 is 26.4 Å². The minimum Gasteiger partial charge on any atom is -0.295 e. The summed E-state index contributed by atoms with van der Waals surface area (Å²) in [6.07, 6.45) is 9.44. The van der Waals surface area contributed by atoms with E-state index in [9.17, 15) is 23.3 Å². The van der Waals surface area contributed by atoms with Crippen LogP contribution in [0.3, 0.4) is 0 Å². The molecule has 0 radical (unpaired) electrons. The Hall–Kier alpha value is -1.78. The van der Waals surface area contributed by atoms with Crippen LogP contribution in [0.2, 0.25) is 0 Å². The largest absolute Gasteiger partial charge is 0.295 e. The Kier molecular flexibility index (Phi) is 6.18. The molecule has 0 aromatic heterocycles. The molecule has 0 unspecified atom stereocenters. The number of hydrogen-bond acceptors (Lipinski definition) is 5. The molecule has 39 heavy (non-hydrogen) atoms. The maximum atomic E-state index is 14.5. The van der Waals surface area contributed by atoms with Gasteiger partial charge in [0.15, 0.2) is 11.6 Å². The van der Waals surface area contributed by atoms with Crippen molar-refractivity contribution in [3.05, 3.63) is 23.3 Å². The van der Waals surface area contributed by atoms with Crippen LogP contribution in [0.4, 0.5) is 0 Å². The van der Waals surface area contributed by atoms with Gasteiger partial charge in [-0.2, -0.15) is 5.26 Å². The number of sulfonamides is 1. The van der Waals surface area contributed by atoms with Crippen LogP contribution in [0.25, 0.3) is 0 Å². The van der Waals surface area contributed by atoms with Crippen LogP contribution in [0.15, 0.2) is 23.3 Å². The van der Waals surface area contributed by atoms with Gasteiger partial charge >= 0.3 is 0 Å². The number of fused-ring (bicyclic) bond motifs is 7. The maximum Gasteiger partial charge on any atom is 0.211 e. The zero-order chi connectivity index (χ0) is 29.0. The molecular formula is C32H46N2O4S. The molecule has 3 saturated carbocycles. The van der Waals surface area contributed by atoms with Crippen molar-refractivity contribution in [1.29, 1.82) is 5.26 Å². The molecule has 5 aliphatic rings. The van der Waals surface area contributed by atoms with Crippen molar-refractivity contribution in [1.82, 2.24) is 4.72 Å². The van der Waals surface area contributed by atoms with E-state index in [0.717, 1.165) is 50.5 Å². The summed E-state index contributed by atoms with van der Waals surface area (Å²) < 4.78 is 29.1. The lowest BCUT2D eigenvalue weighted by Gasteiger charge is -2.69. The zero-order valence-electron chi connectivity index (χ0n) is 25.0. The van der Waals surface area contributed by atoms with E-state index in [2.05, 4.69) is 45.4 Å². The maximum absolute atomic E-state index is 14.5. The molecule has 0 heterocycles. The molecule has 0 amide bonds. The van der Waals surface area contributed by atoms with Crippen LogP contribution in [0.5, 0.6) is 0 Å². The summed E-state index contributed by atoms with van der Waals surface area (Å²) in [5.74, 6) is -0.325. The molecule has 0 bridgehead atoms. The summed E-state index contributed by atoms with van der Waals surface area (Å²) in [5.41, 5.74) is -1.21. The van der Waals surface area contributed by atoms with E-state index in [0.29, 0.717) is 0 Å². The number of rotatable bonds is 3. The van der Waals surface area contributed by atoms with Crippen molar-refractivity contribution in [2.45, 2.75) is 106 Å². The van der Waals surface area contributed by atoms with Gasteiger partial charge in [0.05, 0.1) is 11.3 Å². The molecule has 0 saturated heterocycles. The van der Waals surface area contributed by atoms with Gasteiger partial charge in [0.1, 0.15) is 6.07 Å². The van der Waals surface area contributed by atoms with Gasteiger partial charge in [-0.3, -0.25) is 9.59 Å². The normalized spacial score (nSPS) is 44.5. The lowest BCUT2D eigenvalue weighted by molar-refractivity contribution is -0.159. The second kappa shape index (κ2) is 8.38. The first kappa shape index (κ1) is 28.7. The minimum atomic E-state index is -3.45. The van der Waals surface area contributed by atoms with Gasteiger partial charge < -0.3 is 0 Å². The molecule has 0 aromatic carbocycles. The van der Waals surface area contributed by atoms with Crippen LogP contribution in [-0.2, 0) is 19.6 Å². The third kappa shape index (κ3) is 3.76. The zero-order valence-corrected chi connectivity index (χ0v) is 25.8. The molecule has 0 aromatic rings. The van der Waals surface area contributed by atoms with Crippen LogP contribution >= 0.6 is 0 Å². The van der Waals surface area contributed by atoms with Crippen molar-refractivity contribution in [2.24, 2.45) is 44.8 Å². The molecule has 7 atom stereocenters. The molecule has 214 valence electrons. The Balaban J connectivity index is 1.69. The number of carbonyl (C=O) groups is 2. The van der Waals surface area contributed by atoms with Crippen LogP contribution in [0, 0.1) is 56.2 Å². The van der Waals surface area contributed by atoms with Crippen LogP contribution < -0.4 is 4.72 Å². The third-order valence-electron chi connectivity index (χ3n) is 12.6. The molecule has 5 aliphatic carbocycles. The fourth-order valence-electron chi connectivity index (χ4n) is 10.2. The van der Waals surface area contributed by atoms with Gasteiger partial charge in [-0.25, -0.2) is 13.1 Å². The number of allylic oxidation sites excluding steroid dienone is 4. The molecule has 7 heteroatoms. The van der Waals surface area contributed by atoms with Crippen molar-refractivity contribution in [3.63, 3.8) is 0 Å². The molecule has 5 rings (SSSR count). The summed E-state index contributed by atoms with van der Waals surface area (Å²) in [7, 11) is -3.45. The lowest BCUT2D eigenvalue weighted by atomic mass is 9.35. The van der Waals surface area contributed by atoms with Crippen molar-refractivity contribution in [2.75, 3.05) is 5.75 Å². The first-order valence-corrected chi connectivity index (χ1v) is 16.4. The fraction of sp³-hybridized carbons (Fsp3) is 0.781. The Bertz CT molecular complexity index is 1350. The van der Waals surface area contributed by atoms with E-state index >= 15 is 0 Å². The van der Waals surface area contributed by atoms with E-state index in [1.807, 2.05) is 26.0 Å². The van der Waals surface area contributed by atoms with Gasteiger partial charge in [-0.1, -0.05) is 60.1 Å². The van der Waals surface area contributed by atoms with Crippen molar-refractivity contribution >= 4 is 21.6 Å². The van der Waals surface area contributed by atoms with Crippen LogP contribution in [0.1, 0.15) is 100 Å². The Morgan fingerprint density at radius 2 is 1.64 bits per heavy atom. The summed E-state index contributed by atoms with van der Waals surface area (Å²) in [5, 5.41) is 9.89. The minimum absolute atomic E-state index is 0.00883. The first-order chi connectivity index (χ1) is 17.8. The average molecular weight is 555 g/mol. The number of nitrogens with zero attached hydrogens (tertiary/aromatic N) is 1. The Morgan fingerprint density at radius 1 is 1.00 bits per heavy atom. The highest BCUT2D eigenvalue weighted by Crippen LogP contribution is 2.73. The molecular weight excluding hydrogens is 508 g/mol. The van der Waals surface area contributed by atoms with Crippen molar-refractivity contribution in [3.8, 4) is 6.07 Å². The smallest absolute Gasteiger partial charge is 0.211 e. The van der Waals surface area contributed by atoms with E-state index in [-0.39, 0.29) is 56.9 Å². The highest BCUT2D eigenvalue weighted by Gasteiger charge is 2.70. The molecule has 0 aliphatic heterocycles. The second-order valence-electron chi connectivity index (χ2n) is 15.4. The summed E-state index contributed by atoms with van der Waals surface area (Å²) in [6.45, 7) is 16.8. The molecule has 6 nitrogen and oxygen atoms in total. The summed E-state index contributed by atoms with van der Waals surface area (Å²) >= 11 is 0. The second-order valence-corrected chi connectivity index (χ2v) is 17.4. The van der Waals surface area contributed by atoms with Gasteiger partial charge in [0.2, 0.25) is 10.0 Å². The lowest BCUT2D eigenvalue weighted by Crippen LogP contribution is -2.69.